The number of carbonyl (C=O) groups is 2. The number of aromatic amines is 1. The zero-order valence-corrected chi connectivity index (χ0v) is 13.2. The summed E-state index contributed by atoms with van der Waals surface area (Å²) in [6.07, 6.45) is 4.76. The van der Waals surface area contributed by atoms with Gasteiger partial charge in [-0.2, -0.15) is 5.10 Å². The van der Waals surface area contributed by atoms with Gasteiger partial charge in [0.2, 0.25) is 5.91 Å². The highest BCUT2D eigenvalue weighted by molar-refractivity contribution is 6.30. The molecule has 0 unspecified atom stereocenters. The maximum Gasteiger partial charge on any atom is 0.253 e. The molecule has 1 atom stereocenters. The number of nitrogens with zero attached hydrogens (tertiary/aromatic N) is 2. The second kappa shape index (κ2) is 6.83. The van der Waals surface area contributed by atoms with Crippen molar-refractivity contribution in [2.45, 2.75) is 12.8 Å². The van der Waals surface area contributed by atoms with Crippen LogP contribution in [-0.4, -0.2) is 40.0 Å². The number of aromatic nitrogens is 2. The van der Waals surface area contributed by atoms with Crippen molar-refractivity contribution in [3.05, 3.63) is 47.2 Å². The summed E-state index contributed by atoms with van der Waals surface area (Å²) in [7, 11) is 0. The molecule has 1 aliphatic heterocycles. The molecule has 0 bridgehead atoms. The minimum atomic E-state index is -0.213. The SMILES string of the molecule is O=C(Nc1cn[nH]c1)[C@@H]1CCCN(C(=O)c2ccc(Cl)cc2)C1. The zero-order valence-electron chi connectivity index (χ0n) is 12.5. The highest BCUT2D eigenvalue weighted by Gasteiger charge is 2.29. The van der Waals surface area contributed by atoms with Gasteiger partial charge in [0.1, 0.15) is 0 Å². The van der Waals surface area contributed by atoms with Crippen LogP contribution in [0.25, 0.3) is 0 Å². The number of H-pyrrole nitrogens is 1. The number of nitrogens with one attached hydrogen (secondary N) is 2. The smallest absolute Gasteiger partial charge is 0.253 e. The first-order valence-corrected chi connectivity index (χ1v) is 7.86. The lowest BCUT2D eigenvalue weighted by molar-refractivity contribution is -0.121. The number of anilines is 1. The minimum absolute atomic E-state index is 0.0672. The quantitative estimate of drug-likeness (QED) is 0.906. The van der Waals surface area contributed by atoms with E-state index < -0.39 is 0 Å². The first kappa shape index (κ1) is 15.6. The number of piperidine rings is 1. The van der Waals surface area contributed by atoms with Crippen molar-refractivity contribution >= 4 is 29.1 Å². The average Bonchev–Trinajstić information content (AvgIpc) is 3.08. The van der Waals surface area contributed by atoms with Gasteiger partial charge >= 0.3 is 0 Å². The molecular formula is C16H17ClN4O2. The maximum absolute atomic E-state index is 12.5. The van der Waals surface area contributed by atoms with Crippen molar-refractivity contribution in [1.82, 2.24) is 15.1 Å². The summed E-state index contributed by atoms with van der Waals surface area (Å²) in [4.78, 5) is 26.6. The molecule has 1 fully saturated rings. The molecule has 2 heterocycles. The van der Waals surface area contributed by atoms with E-state index in [0.717, 1.165) is 12.8 Å². The van der Waals surface area contributed by atoms with Gasteiger partial charge in [-0.1, -0.05) is 11.6 Å². The average molecular weight is 333 g/mol. The second-order valence-corrected chi connectivity index (χ2v) is 6.01. The Morgan fingerprint density at radius 1 is 1.30 bits per heavy atom. The van der Waals surface area contributed by atoms with Crippen molar-refractivity contribution < 1.29 is 9.59 Å². The van der Waals surface area contributed by atoms with Gasteiger partial charge in [0.05, 0.1) is 17.8 Å². The van der Waals surface area contributed by atoms with Gasteiger partial charge < -0.3 is 10.2 Å². The Morgan fingerprint density at radius 3 is 2.78 bits per heavy atom. The van der Waals surface area contributed by atoms with Gasteiger partial charge in [-0.05, 0) is 37.1 Å². The third-order valence-electron chi connectivity index (χ3n) is 3.94. The topological polar surface area (TPSA) is 78.1 Å². The molecule has 23 heavy (non-hydrogen) atoms. The molecule has 2 aromatic rings. The number of carbonyl (C=O) groups excluding carboxylic acids is 2. The second-order valence-electron chi connectivity index (χ2n) is 5.57. The van der Waals surface area contributed by atoms with E-state index in [1.807, 2.05) is 0 Å². The molecule has 1 aliphatic rings. The van der Waals surface area contributed by atoms with Gasteiger partial charge in [0.15, 0.2) is 0 Å². The van der Waals surface area contributed by atoms with Crippen molar-refractivity contribution in [3.8, 4) is 0 Å². The Kier molecular flexibility index (Phi) is 4.62. The molecule has 1 aromatic carbocycles. The first-order valence-electron chi connectivity index (χ1n) is 7.48. The molecule has 120 valence electrons. The van der Waals surface area contributed by atoms with Crippen LogP contribution in [0, 0.1) is 5.92 Å². The number of hydrogen-bond acceptors (Lipinski definition) is 3. The molecule has 0 radical (unpaired) electrons. The highest BCUT2D eigenvalue weighted by atomic mass is 35.5. The molecule has 0 saturated carbocycles. The van der Waals surface area contributed by atoms with Crippen LogP contribution in [0.2, 0.25) is 5.02 Å². The number of benzene rings is 1. The zero-order chi connectivity index (χ0) is 16.2. The molecule has 7 heteroatoms. The van der Waals surface area contributed by atoms with Crippen LogP contribution < -0.4 is 5.32 Å². The van der Waals surface area contributed by atoms with Gasteiger partial charge in [-0.3, -0.25) is 14.7 Å². The fourth-order valence-electron chi connectivity index (χ4n) is 2.71. The Hall–Kier alpha value is -2.34. The van der Waals surface area contributed by atoms with Gasteiger partial charge in [0, 0.05) is 29.9 Å². The lowest BCUT2D eigenvalue weighted by Gasteiger charge is -2.32. The standard InChI is InChI=1S/C16H17ClN4O2/c17-13-5-3-11(4-6-13)16(23)21-7-1-2-12(10-21)15(22)20-14-8-18-19-9-14/h3-6,8-9,12H,1-2,7,10H2,(H,18,19)(H,20,22)/t12-/m1/s1. The molecule has 1 saturated heterocycles. The molecule has 3 rings (SSSR count). The van der Waals surface area contributed by atoms with E-state index in [0.29, 0.717) is 29.4 Å². The largest absolute Gasteiger partial charge is 0.338 e. The number of rotatable bonds is 3. The third-order valence-corrected chi connectivity index (χ3v) is 4.19. The van der Waals surface area contributed by atoms with Crippen LogP contribution >= 0.6 is 11.6 Å². The van der Waals surface area contributed by atoms with Crippen molar-refractivity contribution in [2.24, 2.45) is 5.92 Å². The van der Waals surface area contributed by atoms with Crippen LogP contribution in [-0.2, 0) is 4.79 Å². The van der Waals surface area contributed by atoms with E-state index in [-0.39, 0.29) is 17.7 Å². The third kappa shape index (κ3) is 3.71. The normalized spacial score (nSPS) is 17.8. The Balaban J connectivity index is 1.64. The van der Waals surface area contributed by atoms with E-state index in [4.69, 9.17) is 11.6 Å². The predicted octanol–water partition coefficient (Wildman–Crippen LogP) is 2.55. The maximum atomic E-state index is 12.5. The van der Waals surface area contributed by atoms with E-state index in [2.05, 4.69) is 15.5 Å². The molecular weight excluding hydrogens is 316 g/mol. The van der Waals surface area contributed by atoms with Crippen molar-refractivity contribution in [2.75, 3.05) is 18.4 Å². The van der Waals surface area contributed by atoms with E-state index in [1.165, 1.54) is 0 Å². The number of likely N-dealkylation sites (tertiary alicyclic amines) is 1. The number of hydrogen-bond donors (Lipinski definition) is 2. The van der Waals surface area contributed by atoms with Crippen LogP contribution in [0.15, 0.2) is 36.7 Å². The minimum Gasteiger partial charge on any atom is -0.338 e. The Bertz CT molecular complexity index is 685. The predicted molar refractivity (Wildman–Crippen MR) is 87.3 cm³/mol. The highest BCUT2D eigenvalue weighted by Crippen LogP contribution is 2.21. The lowest BCUT2D eigenvalue weighted by Crippen LogP contribution is -2.43. The fraction of sp³-hybridized carbons (Fsp3) is 0.312. The molecule has 2 amide bonds. The summed E-state index contributed by atoms with van der Waals surface area (Å²) in [5.41, 5.74) is 1.22. The molecule has 0 aliphatic carbocycles. The summed E-state index contributed by atoms with van der Waals surface area (Å²) in [6.45, 7) is 1.09. The van der Waals surface area contributed by atoms with Crippen molar-refractivity contribution in [3.63, 3.8) is 0 Å². The molecule has 2 N–H and O–H groups in total. The van der Waals surface area contributed by atoms with Gasteiger partial charge in [-0.15, -0.1) is 0 Å². The summed E-state index contributed by atoms with van der Waals surface area (Å²) in [5, 5.41) is 9.85. The van der Waals surface area contributed by atoms with Crippen molar-refractivity contribution in [1.29, 1.82) is 0 Å². The van der Waals surface area contributed by atoms with Crippen LogP contribution in [0.5, 0.6) is 0 Å². The molecule has 6 nitrogen and oxygen atoms in total. The summed E-state index contributed by atoms with van der Waals surface area (Å²) in [6, 6.07) is 6.81. The van der Waals surface area contributed by atoms with Gasteiger partial charge in [0.25, 0.3) is 5.91 Å². The summed E-state index contributed by atoms with van der Waals surface area (Å²) >= 11 is 5.85. The first-order chi connectivity index (χ1) is 11.1. The Labute approximate surface area is 138 Å². The van der Waals surface area contributed by atoms with E-state index in [9.17, 15) is 9.59 Å². The van der Waals surface area contributed by atoms with E-state index >= 15 is 0 Å². The summed E-state index contributed by atoms with van der Waals surface area (Å²) < 4.78 is 0. The van der Waals surface area contributed by atoms with Crippen LogP contribution in [0.3, 0.4) is 0 Å². The molecule has 0 spiro atoms. The monoisotopic (exact) mass is 332 g/mol. The lowest BCUT2D eigenvalue weighted by atomic mass is 9.96. The molecule has 1 aromatic heterocycles. The Morgan fingerprint density at radius 2 is 2.09 bits per heavy atom. The fourth-order valence-corrected chi connectivity index (χ4v) is 2.84. The summed E-state index contributed by atoms with van der Waals surface area (Å²) in [5.74, 6) is -0.364. The van der Waals surface area contributed by atoms with E-state index in [1.54, 1.807) is 41.6 Å². The van der Waals surface area contributed by atoms with Gasteiger partial charge in [-0.25, -0.2) is 0 Å². The van der Waals surface area contributed by atoms with Crippen LogP contribution in [0.1, 0.15) is 23.2 Å². The number of halogens is 1. The number of amides is 2. The van der Waals surface area contributed by atoms with Crippen LogP contribution in [0.4, 0.5) is 5.69 Å².